The Labute approximate surface area is 140 Å². The van der Waals surface area contributed by atoms with Crippen LogP contribution in [0.15, 0.2) is 35.4 Å². The molecule has 0 bridgehead atoms. The molecule has 0 N–H and O–H groups in total. The molecule has 0 unspecified atom stereocenters. The van der Waals surface area contributed by atoms with Crippen molar-refractivity contribution in [3.8, 4) is 0 Å². The number of hydrogen-bond acceptors (Lipinski definition) is 3. The third kappa shape index (κ3) is 2.59. The lowest BCUT2D eigenvalue weighted by Crippen LogP contribution is -2.27. The summed E-state index contributed by atoms with van der Waals surface area (Å²) >= 11 is 6.67. The highest BCUT2D eigenvalue weighted by atomic mass is 32.2. The minimum Gasteiger partial charge on any atom is -0.347 e. The molecule has 22 heavy (non-hydrogen) atoms. The number of likely N-dealkylation sites (N-methyl/N-ethyl adjacent to an activating group) is 1. The van der Waals surface area contributed by atoms with Gasteiger partial charge in [-0.2, -0.15) is 0 Å². The number of thioether (sulfide) groups is 1. The standard InChI is InChI=1S/C17H18N2OS2/c1-3-9-18-11-12(13-7-5-6-8-14(13)18)10-15-16(20)19(4-2)17(21)22-15/h5-8,10-11H,3-4,9H2,1-2H3/b15-10+. The Balaban J connectivity index is 2.06. The van der Waals surface area contributed by atoms with Crippen LogP contribution in [0.2, 0.25) is 0 Å². The van der Waals surface area contributed by atoms with Crippen LogP contribution < -0.4 is 0 Å². The third-order valence-electron chi connectivity index (χ3n) is 3.76. The molecule has 0 radical (unpaired) electrons. The number of carbonyl (C=O) groups excluding carboxylic acids is 1. The average Bonchev–Trinajstić information content (AvgIpc) is 2.99. The van der Waals surface area contributed by atoms with E-state index in [1.54, 1.807) is 4.90 Å². The number of aryl methyl sites for hydroxylation is 1. The number of rotatable bonds is 4. The van der Waals surface area contributed by atoms with Gasteiger partial charge in [-0.3, -0.25) is 9.69 Å². The molecule has 1 saturated heterocycles. The molecular formula is C17H18N2OS2. The Hall–Kier alpha value is -1.59. The van der Waals surface area contributed by atoms with E-state index in [4.69, 9.17) is 12.2 Å². The Morgan fingerprint density at radius 2 is 2.05 bits per heavy atom. The molecule has 0 saturated carbocycles. The first kappa shape index (κ1) is 15.3. The fourth-order valence-corrected chi connectivity index (χ4v) is 4.11. The van der Waals surface area contributed by atoms with Crippen LogP contribution in [0.4, 0.5) is 0 Å². The molecule has 2 heterocycles. The number of thiocarbonyl (C=S) groups is 1. The van der Waals surface area contributed by atoms with Crippen molar-refractivity contribution < 1.29 is 4.79 Å². The van der Waals surface area contributed by atoms with Gasteiger partial charge in [0.05, 0.1) is 4.91 Å². The van der Waals surface area contributed by atoms with Crippen molar-refractivity contribution in [1.29, 1.82) is 0 Å². The number of para-hydroxylation sites is 1. The zero-order valence-corrected chi connectivity index (χ0v) is 14.3. The quantitative estimate of drug-likeness (QED) is 0.618. The van der Waals surface area contributed by atoms with E-state index in [0.717, 1.165) is 18.5 Å². The van der Waals surface area contributed by atoms with Crippen LogP contribution in [0.1, 0.15) is 25.8 Å². The summed E-state index contributed by atoms with van der Waals surface area (Å²) in [6, 6.07) is 8.32. The molecule has 5 heteroatoms. The zero-order valence-electron chi connectivity index (χ0n) is 12.7. The Morgan fingerprint density at radius 1 is 1.27 bits per heavy atom. The first-order valence-corrected chi connectivity index (χ1v) is 8.71. The van der Waals surface area contributed by atoms with Gasteiger partial charge in [0, 0.05) is 35.8 Å². The highest BCUT2D eigenvalue weighted by Crippen LogP contribution is 2.34. The third-order valence-corrected chi connectivity index (χ3v) is 5.14. The summed E-state index contributed by atoms with van der Waals surface area (Å²) in [5.41, 5.74) is 2.29. The second kappa shape index (κ2) is 6.26. The lowest BCUT2D eigenvalue weighted by molar-refractivity contribution is -0.121. The normalized spacial score (nSPS) is 17.2. The minimum atomic E-state index is 0.0184. The van der Waals surface area contributed by atoms with Crippen LogP contribution in [0.3, 0.4) is 0 Å². The molecule has 1 fully saturated rings. The highest BCUT2D eigenvalue weighted by molar-refractivity contribution is 8.26. The minimum absolute atomic E-state index is 0.0184. The zero-order chi connectivity index (χ0) is 15.7. The van der Waals surface area contributed by atoms with Gasteiger partial charge in [0.1, 0.15) is 4.32 Å². The number of carbonyl (C=O) groups is 1. The summed E-state index contributed by atoms with van der Waals surface area (Å²) < 4.78 is 2.90. The van der Waals surface area contributed by atoms with Gasteiger partial charge in [-0.1, -0.05) is 49.1 Å². The summed E-state index contributed by atoms with van der Waals surface area (Å²) in [7, 11) is 0. The molecule has 1 aromatic heterocycles. The number of nitrogens with zero attached hydrogens (tertiary/aromatic N) is 2. The molecule has 1 aliphatic heterocycles. The topological polar surface area (TPSA) is 25.2 Å². The second-order valence-electron chi connectivity index (χ2n) is 5.22. The molecule has 3 rings (SSSR count). The van der Waals surface area contributed by atoms with E-state index < -0.39 is 0 Å². The molecule has 1 amide bonds. The van der Waals surface area contributed by atoms with Crippen molar-refractivity contribution >= 4 is 51.2 Å². The Kier molecular flexibility index (Phi) is 4.36. The summed E-state index contributed by atoms with van der Waals surface area (Å²) in [6.45, 7) is 5.71. The lowest BCUT2D eigenvalue weighted by Gasteiger charge is -2.09. The monoisotopic (exact) mass is 330 g/mol. The SMILES string of the molecule is CCCn1cc(/C=C2/SC(=S)N(CC)C2=O)c2ccccc21. The fourth-order valence-electron chi connectivity index (χ4n) is 2.73. The average molecular weight is 330 g/mol. The number of benzene rings is 1. The molecule has 2 aromatic rings. The molecule has 0 aliphatic carbocycles. The van der Waals surface area contributed by atoms with Crippen LogP contribution in [-0.4, -0.2) is 26.2 Å². The summed E-state index contributed by atoms with van der Waals surface area (Å²) in [6.07, 6.45) is 5.19. The number of amides is 1. The highest BCUT2D eigenvalue weighted by Gasteiger charge is 2.30. The van der Waals surface area contributed by atoms with Gasteiger partial charge in [-0.25, -0.2) is 0 Å². The van der Waals surface area contributed by atoms with Gasteiger partial charge in [0.15, 0.2) is 0 Å². The predicted molar refractivity (Wildman–Crippen MR) is 97.8 cm³/mol. The summed E-state index contributed by atoms with van der Waals surface area (Å²) in [4.78, 5) is 14.7. The molecular weight excluding hydrogens is 312 g/mol. The van der Waals surface area contributed by atoms with E-state index in [9.17, 15) is 4.79 Å². The van der Waals surface area contributed by atoms with Gasteiger partial charge in [0.2, 0.25) is 0 Å². The van der Waals surface area contributed by atoms with Crippen LogP contribution in [-0.2, 0) is 11.3 Å². The number of fused-ring (bicyclic) bond motifs is 1. The predicted octanol–water partition coefficient (Wildman–Crippen LogP) is 4.27. The molecule has 3 nitrogen and oxygen atoms in total. The van der Waals surface area contributed by atoms with E-state index in [1.807, 2.05) is 19.1 Å². The van der Waals surface area contributed by atoms with Crippen molar-refractivity contribution in [2.45, 2.75) is 26.8 Å². The molecule has 1 aromatic carbocycles. The van der Waals surface area contributed by atoms with E-state index in [1.165, 1.54) is 22.7 Å². The fraction of sp³-hybridized carbons (Fsp3) is 0.294. The Bertz CT molecular complexity index is 776. The second-order valence-corrected chi connectivity index (χ2v) is 6.90. The maximum atomic E-state index is 12.4. The van der Waals surface area contributed by atoms with Crippen molar-refractivity contribution in [2.75, 3.05) is 6.54 Å². The summed E-state index contributed by atoms with van der Waals surface area (Å²) in [5.74, 6) is 0.0184. The molecule has 1 aliphatic rings. The van der Waals surface area contributed by atoms with Gasteiger partial charge < -0.3 is 4.57 Å². The van der Waals surface area contributed by atoms with E-state index in [0.29, 0.717) is 15.8 Å². The molecule has 0 atom stereocenters. The number of hydrogen-bond donors (Lipinski definition) is 0. The van der Waals surface area contributed by atoms with E-state index >= 15 is 0 Å². The van der Waals surface area contributed by atoms with Crippen LogP contribution >= 0.6 is 24.0 Å². The van der Waals surface area contributed by atoms with Gasteiger partial charge in [-0.05, 0) is 25.5 Å². The first-order valence-electron chi connectivity index (χ1n) is 7.49. The van der Waals surface area contributed by atoms with Crippen LogP contribution in [0.5, 0.6) is 0 Å². The van der Waals surface area contributed by atoms with E-state index in [2.05, 4.69) is 35.9 Å². The van der Waals surface area contributed by atoms with Gasteiger partial charge in [0.25, 0.3) is 5.91 Å². The van der Waals surface area contributed by atoms with Crippen molar-refractivity contribution in [2.24, 2.45) is 0 Å². The Morgan fingerprint density at radius 3 is 2.73 bits per heavy atom. The van der Waals surface area contributed by atoms with Crippen LogP contribution in [0, 0.1) is 0 Å². The summed E-state index contributed by atoms with van der Waals surface area (Å²) in [5, 5.41) is 1.18. The van der Waals surface area contributed by atoms with Crippen molar-refractivity contribution in [1.82, 2.24) is 9.47 Å². The molecule has 114 valence electrons. The lowest BCUT2D eigenvalue weighted by atomic mass is 10.1. The largest absolute Gasteiger partial charge is 0.347 e. The van der Waals surface area contributed by atoms with Crippen LogP contribution in [0.25, 0.3) is 17.0 Å². The maximum absolute atomic E-state index is 12.4. The maximum Gasteiger partial charge on any atom is 0.266 e. The van der Waals surface area contributed by atoms with Crippen molar-refractivity contribution in [3.63, 3.8) is 0 Å². The van der Waals surface area contributed by atoms with Gasteiger partial charge in [-0.15, -0.1) is 0 Å². The van der Waals surface area contributed by atoms with Crippen molar-refractivity contribution in [3.05, 3.63) is 40.9 Å². The van der Waals surface area contributed by atoms with Gasteiger partial charge >= 0.3 is 0 Å². The number of aromatic nitrogens is 1. The smallest absolute Gasteiger partial charge is 0.266 e. The molecule has 0 spiro atoms. The van der Waals surface area contributed by atoms with E-state index in [-0.39, 0.29) is 5.91 Å². The first-order chi connectivity index (χ1) is 10.7.